The first kappa shape index (κ1) is 21.6. The Morgan fingerprint density at radius 1 is 1.27 bits per heavy atom. The summed E-state index contributed by atoms with van der Waals surface area (Å²) in [4.78, 5) is 20.5. The Labute approximate surface area is 171 Å². The number of nitrogens with two attached hydrogens (primary N) is 1. The number of ether oxygens (including phenoxy) is 2. The topological polar surface area (TPSA) is 98.8 Å². The first-order valence-corrected chi connectivity index (χ1v) is 8.97. The molecule has 1 amide bonds. The summed E-state index contributed by atoms with van der Waals surface area (Å²) in [7, 11) is 1.49. The molecule has 3 N–H and O–H groups in total. The number of hydrogen-bond donors (Lipinski definition) is 2. The highest BCUT2D eigenvalue weighted by Crippen LogP contribution is 2.41. The molecular formula is C20H21F3N4O3. The lowest BCUT2D eigenvalue weighted by atomic mass is 9.90. The molecule has 2 atom stereocenters. The van der Waals surface area contributed by atoms with E-state index in [1.54, 1.807) is 37.3 Å². The Morgan fingerprint density at radius 2 is 2.00 bits per heavy atom. The molecule has 0 spiro atoms. The van der Waals surface area contributed by atoms with Crippen molar-refractivity contribution in [2.75, 3.05) is 19.0 Å². The molecule has 30 heavy (non-hydrogen) atoms. The largest absolute Gasteiger partial charge is 0.495 e. The highest BCUT2D eigenvalue weighted by Gasteiger charge is 2.58. The van der Waals surface area contributed by atoms with Crippen LogP contribution in [0.2, 0.25) is 0 Å². The average Bonchev–Trinajstić information content (AvgIpc) is 2.70. The van der Waals surface area contributed by atoms with Crippen molar-refractivity contribution in [1.82, 2.24) is 4.98 Å². The smallest absolute Gasteiger partial charge is 0.424 e. The third kappa shape index (κ3) is 3.95. The lowest BCUT2D eigenvalue weighted by molar-refractivity contribution is -0.249. The molecule has 3 rings (SSSR count). The molecular weight excluding hydrogens is 401 g/mol. The van der Waals surface area contributed by atoms with E-state index in [0.29, 0.717) is 17.0 Å². The first-order valence-electron chi connectivity index (χ1n) is 8.97. The van der Waals surface area contributed by atoms with Gasteiger partial charge in [0, 0.05) is 5.69 Å². The monoisotopic (exact) mass is 422 g/mol. The number of nitrogens with one attached hydrogen (secondary N) is 1. The van der Waals surface area contributed by atoms with Crippen LogP contribution in [-0.2, 0) is 10.3 Å². The Balaban J connectivity index is 1.84. The van der Waals surface area contributed by atoms with E-state index < -0.39 is 29.1 Å². The van der Waals surface area contributed by atoms with Gasteiger partial charge in [-0.1, -0.05) is 12.1 Å². The maximum Gasteiger partial charge on any atom is 0.424 e. The normalized spacial score (nSPS) is 24.1. The number of hydrogen-bond acceptors (Lipinski definition) is 6. The van der Waals surface area contributed by atoms with Gasteiger partial charge in [0.2, 0.25) is 5.60 Å². The van der Waals surface area contributed by atoms with E-state index in [1.165, 1.54) is 19.4 Å². The van der Waals surface area contributed by atoms with Crippen molar-refractivity contribution in [2.24, 2.45) is 10.7 Å². The lowest BCUT2D eigenvalue weighted by Crippen LogP contribution is -2.60. The number of rotatable bonds is 4. The van der Waals surface area contributed by atoms with E-state index in [-0.39, 0.29) is 12.3 Å². The van der Waals surface area contributed by atoms with Crippen LogP contribution in [0.4, 0.5) is 18.9 Å². The Morgan fingerprint density at radius 3 is 2.57 bits per heavy atom. The van der Waals surface area contributed by atoms with Gasteiger partial charge >= 0.3 is 6.18 Å². The Hall–Kier alpha value is -3.14. The minimum Gasteiger partial charge on any atom is -0.495 e. The first-order chi connectivity index (χ1) is 14.0. The lowest BCUT2D eigenvalue weighted by Gasteiger charge is -2.41. The van der Waals surface area contributed by atoms with Crippen LogP contribution >= 0.6 is 0 Å². The van der Waals surface area contributed by atoms with Crippen LogP contribution in [0.3, 0.4) is 0 Å². The number of carbonyl (C=O) groups is 1. The molecule has 2 aromatic rings. The average molecular weight is 422 g/mol. The van der Waals surface area contributed by atoms with Crippen molar-refractivity contribution < 1.29 is 27.4 Å². The molecule has 0 saturated carbocycles. The molecule has 0 bridgehead atoms. The van der Waals surface area contributed by atoms with Crippen molar-refractivity contribution in [3.8, 4) is 5.75 Å². The number of amides is 1. The fraction of sp³-hybridized carbons (Fsp3) is 0.350. The van der Waals surface area contributed by atoms with Crippen LogP contribution in [0.1, 0.15) is 29.9 Å². The number of benzene rings is 1. The van der Waals surface area contributed by atoms with E-state index in [4.69, 9.17) is 15.2 Å². The van der Waals surface area contributed by atoms with Crippen molar-refractivity contribution in [3.63, 3.8) is 0 Å². The second-order valence-electron chi connectivity index (χ2n) is 7.21. The van der Waals surface area contributed by atoms with Crippen LogP contribution in [0.5, 0.6) is 5.75 Å². The molecule has 1 aromatic carbocycles. The predicted molar refractivity (Wildman–Crippen MR) is 105 cm³/mol. The number of anilines is 1. The molecule has 1 aromatic heterocycles. The van der Waals surface area contributed by atoms with Crippen molar-refractivity contribution >= 4 is 17.4 Å². The second kappa shape index (κ2) is 7.60. The van der Waals surface area contributed by atoms with Gasteiger partial charge in [-0.05, 0) is 43.7 Å². The number of aromatic nitrogens is 1. The molecule has 10 heteroatoms. The number of alkyl halides is 3. The highest BCUT2D eigenvalue weighted by atomic mass is 19.4. The van der Waals surface area contributed by atoms with Crippen LogP contribution in [0.25, 0.3) is 0 Å². The molecule has 0 unspecified atom stereocenters. The van der Waals surface area contributed by atoms with Crippen molar-refractivity contribution in [3.05, 3.63) is 53.9 Å². The molecule has 7 nitrogen and oxygen atoms in total. The maximum absolute atomic E-state index is 13.3. The third-order valence-corrected chi connectivity index (χ3v) is 4.99. The van der Waals surface area contributed by atoms with Gasteiger partial charge in [-0.15, -0.1) is 0 Å². The molecule has 1 aliphatic heterocycles. The minimum absolute atomic E-state index is 0.177. The van der Waals surface area contributed by atoms with E-state index in [9.17, 15) is 18.0 Å². The highest BCUT2D eigenvalue weighted by molar-refractivity contribution is 6.02. The van der Waals surface area contributed by atoms with Gasteiger partial charge in [0.05, 0.1) is 19.9 Å². The van der Waals surface area contributed by atoms with Crippen molar-refractivity contribution in [1.29, 1.82) is 0 Å². The zero-order chi connectivity index (χ0) is 22.2. The molecule has 0 saturated heterocycles. The molecule has 1 aliphatic rings. The molecule has 0 fully saturated rings. The second-order valence-corrected chi connectivity index (χ2v) is 7.21. The van der Waals surface area contributed by atoms with E-state index in [2.05, 4.69) is 15.3 Å². The van der Waals surface area contributed by atoms with Gasteiger partial charge in [0.15, 0.2) is 0 Å². The summed E-state index contributed by atoms with van der Waals surface area (Å²) in [6.07, 6.45) is -3.27. The van der Waals surface area contributed by atoms with Crippen LogP contribution < -0.4 is 15.8 Å². The van der Waals surface area contributed by atoms with E-state index in [1.807, 2.05) is 0 Å². The fourth-order valence-corrected chi connectivity index (χ4v) is 2.90. The summed E-state index contributed by atoms with van der Waals surface area (Å²) in [5, 5.41) is 2.70. The van der Waals surface area contributed by atoms with E-state index >= 15 is 0 Å². The zero-order valence-corrected chi connectivity index (χ0v) is 16.6. The third-order valence-electron chi connectivity index (χ3n) is 4.99. The number of nitrogens with zero attached hydrogens (tertiary/aromatic N) is 2. The quantitative estimate of drug-likeness (QED) is 0.788. The van der Waals surface area contributed by atoms with Gasteiger partial charge in [0.1, 0.15) is 22.8 Å². The van der Waals surface area contributed by atoms with Crippen LogP contribution in [-0.4, -0.2) is 42.2 Å². The molecule has 160 valence electrons. The molecule has 0 aliphatic carbocycles. The number of amidine groups is 1. The fourth-order valence-electron chi connectivity index (χ4n) is 2.90. The summed E-state index contributed by atoms with van der Waals surface area (Å²) >= 11 is 0. The number of aliphatic imine (C=N–C) groups is 1. The maximum atomic E-state index is 13.3. The van der Waals surface area contributed by atoms with Gasteiger partial charge in [0.25, 0.3) is 5.91 Å². The minimum atomic E-state index is -4.69. The summed E-state index contributed by atoms with van der Waals surface area (Å²) in [5.41, 5.74) is 3.00. The summed E-state index contributed by atoms with van der Waals surface area (Å²) in [5.74, 6) is -0.590. The number of methoxy groups -OCH3 is 1. The van der Waals surface area contributed by atoms with Gasteiger partial charge < -0.3 is 20.5 Å². The predicted octanol–water partition coefficient (Wildman–Crippen LogP) is 3.27. The summed E-state index contributed by atoms with van der Waals surface area (Å²) in [6.45, 7) is 2.13. The van der Waals surface area contributed by atoms with Gasteiger partial charge in [-0.25, -0.2) is 4.98 Å². The number of halogens is 3. The molecule has 2 heterocycles. The van der Waals surface area contributed by atoms with Gasteiger partial charge in [-0.3, -0.25) is 9.79 Å². The van der Waals surface area contributed by atoms with E-state index in [0.717, 1.165) is 6.92 Å². The summed E-state index contributed by atoms with van der Waals surface area (Å²) in [6, 6.07) is 9.70. The zero-order valence-electron chi connectivity index (χ0n) is 16.6. The van der Waals surface area contributed by atoms with Crippen molar-refractivity contribution in [2.45, 2.75) is 31.2 Å². The standard InChI is InChI=1S/C20H21F3N4O3/c1-18(11-30-19(2,17(24)27-18)20(21,22)23)12-5-4-6-13(9-12)26-16(28)15-8-7-14(29-3)10-25-15/h4-10H,11H2,1-3H3,(H2,24,27)(H,26,28)/t18-,19+/m0/s1. The SMILES string of the molecule is COc1ccc(C(=O)Nc2cccc([C@]3(C)CO[C@@](C)(C(F)(F)F)C(N)=N3)c2)nc1. The molecule has 0 radical (unpaired) electrons. The number of pyridine rings is 1. The Bertz CT molecular complexity index is 978. The number of carbonyl (C=O) groups excluding carboxylic acids is 1. The van der Waals surface area contributed by atoms with Crippen LogP contribution in [0, 0.1) is 0 Å². The van der Waals surface area contributed by atoms with Gasteiger partial charge in [-0.2, -0.15) is 13.2 Å². The van der Waals surface area contributed by atoms with Crippen LogP contribution in [0.15, 0.2) is 47.6 Å². The Kier molecular flexibility index (Phi) is 5.46. The summed E-state index contributed by atoms with van der Waals surface area (Å²) < 4.78 is 50.0.